The maximum absolute atomic E-state index is 13.5. The van der Waals surface area contributed by atoms with Gasteiger partial charge in [-0.25, -0.2) is 4.98 Å². The number of amides is 1. The van der Waals surface area contributed by atoms with Gasteiger partial charge in [-0.05, 0) is 37.3 Å². The van der Waals surface area contributed by atoms with Crippen molar-refractivity contribution in [3.8, 4) is 17.1 Å². The summed E-state index contributed by atoms with van der Waals surface area (Å²) in [5.74, 6) is 1.13. The molecule has 5 rings (SSSR count). The number of fused-ring (bicyclic) bond motifs is 2. The highest BCUT2D eigenvalue weighted by Gasteiger charge is 2.48. The van der Waals surface area contributed by atoms with Gasteiger partial charge in [-0.2, -0.15) is 0 Å². The Morgan fingerprint density at radius 3 is 2.72 bits per heavy atom. The zero-order valence-electron chi connectivity index (χ0n) is 16.2. The number of carbonyl (C=O) groups excluding carboxylic acids is 1. The van der Waals surface area contributed by atoms with E-state index in [0.29, 0.717) is 23.1 Å². The first-order valence-corrected chi connectivity index (χ1v) is 9.95. The Balaban J connectivity index is 1.39. The number of benzene rings is 1. The second-order valence-electron chi connectivity index (χ2n) is 7.83. The molecular weight excluding hydrogens is 364 g/mol. The number of aryl methyl sites for hydroxylation is 1. The van der Waals surface area contributed by atoms with E-state index in [9.17, 15) is 4.79 Å². The minimum absolute atomic E-state index is 0.0171. The minimum atomic E-state index is -0.0171. The Hall–Kier alpha value is -3.28. The van der Waals surface area contributed by atoms with Crippen LogP contribution in [0, 0.1) is 12.8 Å². The Morgan fingerprint density at radius 1 is 1.07 bits per heavy atom. The van der Waals surface area contributed by atoms with E-state index >= 15 is 0 Å². The summed E-state index contributed by atoms with van der Waals surface area (Å²) in [7, 11) is 0. The van der Waals surface area contributed by atoms with Gasteiger partial charge in [0.05, 0.1) is 17.9 Å². The molecule has 6 heteroatoms. The summed E-state index contributed by atoms with van der Waals surface area (Å²) in [6, 6.07) is 11.6. The number of nitrogens with zero attached hydrogens (tertiary/aromatic N) is 4. The molecule has 1 aliphatic carbocycles. The van der Waals surface area contributed by atoms with E-state index in [0.717, 1.165) is 30.5 Å². The fraction of sp³-hybridized carbons (Fsp3) is 0.304. The van der Waals surface area contributed by atoms with Crippen LogP contribution >= 0.6 is 0 Å². The average Bonchev–Trinajstić information content (AvgIpc) is 3.36. The molecule has 1 saturated carbocycles. The van der Waals surface area contributed by atoms with Crippen LogP contribution in [0.1, 0.15) is 28.8 Å². The van der Waals surface area contributed by atoms with E-state index in [1.807, 2.05) is 54.4 Å². The standard InChI is InChI=1S/C23H22N4O2/c1-15-6-7-22(26-12-15)29-21-11-16-10-20(21)27(14-16)23(28)18-5-3-2-4-17(18)19-13-24-8-9-25-19/h2-9,12-13,16,20-21H,10-11,14H2,1H3. The molecule has 29 heavy (non-hydrogen) atoms. The van der Waals surface area contributed by atoms with Crippen molar-refractivity contribution in [2.45, 2.75) is 31.9 Å². The normalized spacial score (nSPS) is 22.7. The molecule has 1 amide bonds. The van der Waals surface area contributed by atoms with Crippen LogP contribution in [0.3, 0.4) is 0 Å². The van der Waals surface area contributed by atoms with Gasteiger partial charge in [0.15, 0.2) is 0 Å². The van der Waals surface area contributed by atoms with Crippen LogP contribution < -0.4 is 4.74 Å². The van der Waals surface area contributed by atoms with Gasteiger partial charge in [-0.3, -0.25) is 14.8 Å². The van der Waals surface area contributed by atoms with Gasteiger partial charge in [0.1, 0.15) is 6.10 Å². The summed E-state index contributed by atoms with van der Waals surface area (Å²) in [6.45, 7) is 2.78. The molecule has 0 radical (unpaired) electrons. The lowest BCUT2D eigenvalue weighted by Gasteiger charge is -2.33. The lowest BCUT2D eigenvalue weighted by atomic mass is 10.0. The van der Waals surface area contributed by atoms with Crippen molar-refractivity contribution in [2.24, 2.45) is 5.92 Å². The maximum Gasteiger partial charge on any atom is 0.254 e. The van der Waals surface area contributed by atoms with Crippen molar-refractivity contribution in [3.63, 3.8) is 0 Å². The molecule has 0 N–H and O–H groups in total. The molecule has 2 aliphatic rings. The number of hydrogen-bond donors (Lipinski definition) is 0. The number of hydrogen-bond acceptors (Lipinski definition) is 5. The first kappa shape index (κ1) is 17.8. The van der Waals surface area contributed by atoms with Crippen molar-refractivity contribution in [1.29, 1.82) is 0 Å². The van der Waals surface area contributed by atoms with E-state index in [-0.39, 0.29) is 18.1 Å². The summed E-state index contributed by atoms with van der Waals surface area (Å²) in [6.07, 6.45) is 8.71. The lowest BCUT2D eigenvalue weighted by molar-refractivity contribution is 0.0467. The van der Waals surface area contributed by atoms with Crippen LogP contribution in [-0.2, 0) is 0 Å². The van der Waals surface area contributed by atoms with Gasteiger partial charge in [0.2, 0.25) is 5.88 Å². The fourth-order valence-corrected chi connectivity index (χ4v) is 4.49. The predicted molar refractivity (Wildman–Crippen MR) is 108 cm³/mol. The van der Waals surface area contributed by atoms with Gasteiger partial charge >= 0.3 is 0 Å². The zero-order chi connectivity index (χ0) is 19.8. The van der Waals surface area contributed by atoms with Crippen LogP contribution in [0.2, 0.25) is 0 Å². The van der Waals surface area contributed by atoms with Crippen molar-refractivity contribution in [1.82, 2.24) is 19.9 Å². The number of rotatable bonds is 4. The van der Waals surface area contributed by atoms with Gasteiger partial charge < -0.3 is 9.64 Å². The second-order valence-corrected chi connectivity index (χ2v) is 7.83. The summed E-state index contributed by atoms with van der Waals surface area (Å²) in [5.41, 5.74) is 3.28. The smallest absolute Gasteiger partial charge is 0.254 e. The molecule has 1 saturated heterocycles. The van der Waals surface area contributed by atoms with Crippen molar-refractivity contribution in [3.05, 3.63) is 72.3 Å². The molecule has 3 atom stereocenters. The minimum Gasteiger partial charge on any atom is -0.472 e. The van der Waals surface area contributed by atoms with E-state index in [1.165, 1.54) is 0 Å². The van der Waals surface area contributed by atoms with Crippen LogP contribution in [0.5, 0.6) is 5.88 Å². The molecular formula is C23H22N4O2. The fourth-order valence-electron chi connectivity index (χ4n) is 4.49. The summed E-state index contributed by atoms with van der Waals surface area (Å²) in [4.78, 5) is 28.3. The van der Waals surface area contributed by atoms with E-state index in [1.54, 1.807) is 18.6 Å². The van der Waals surface area contributed by atoms with Crippen molar-refractivity contribution in [2.75, 3.05) is 6.54 Å². The molecule has 3 aromatic rings. The van der Waals surface area contributed by atoms with Crippen molar-refractivity contribution < 1.29 is 9.53 Å². The van der Waals surface area contributed by atoms with Crippen LogP contribution in [0.15, 0.2) is 61.2 Å². The third-order valence-electron chi connectivity index (χ3n) is 5.84. The Bertz CT molecular complexity index is 1020. The third kappa shape index (κ3) is 3.35. The molecule has 0 spiro atoms. The molecule has 2 aromatic heterocycles. The van der Waals surface area contributed by atoms with Crippen LogP contribution in [0.25, 0.3) is 11.3 Å². The van der Waals surface area contributed by atoms with Crippen LogP contribution in [0.4, 0.5) is 0 Å². The lowest BCUT2D eigenvalue weighted by Crippen LogP contribution is -2.47. The largest absolute Gasteiger partial charge is 0.472 e. The van der Waals surface area contributed by atoms with Crippen LogP contribution in [-0.4, -0.2) is 44.4 Å². The molecule has 2 fully saturated rings. The maximum atomic E-state index is 13.5. The molecule has 2 bridgehead atoms. The first-order chi connectivity index (χ1) is 14.2. The molecule has 6 nitrogen and oxygen atoms in total. The SMILES string of the molecule is Cc1ccc(OC2CC3CC2N(C(=O)c2ccccc2-c2cnccn2)C3)nc1. The van der Waals surface area contributed by atoms with Gasteiger partial charge in [-0.15, -0.1) is 0 Å². The molecule has 1 aromatic carbocycles. The van der Waals surface area contributed by atoms with E-state index < -0.39 is 0 Å². The molecule has 3 heterocycles. The monoisotopic (exact) mass is 386 g/mol. The molecule has 1 aliphatic heterocycles. The highest BCUT2D eigenvalue weighted by Crippen LogP contribution is 2.40. The zero-order valence-corrected chi connectivity index (χ0v) is 16.2. The van der Waals surface area contributed by atoms with Crippen molar-refractivity contribution >= 4 is 5.91 Å². The molecule has 3 unspecified atom stereocenters. The Morgan fingerprint density at radius 2 is 1.97 bits per heavy atom. The third-order valence-corrected chi connectivity index (χ3v) is 5.84. The van der Waals surface area contributed by atoms with E-state index in [2.05, 4.69) is 15.0 Å². The number of ether oxygens (including phenoxy) is 1. The second kappa shape index (κ2) is 7.28. The van der Waals surface area contributed by atoms with Gasteiger partial charge in [0, 0.05) is 42.3 Å². The Labute approximate surface area is 169 Å². The predicted octanol–water partition coefficient (Wildman–Crippen LogP) is 3.53. The summed E-state index contributed by atoms with van der Waals surface area (Å²) >= 11 is 0. The number of likely N-dealkylation sites (tertiary alicyclic amines) is 1. The van der Waals surface area contributed by atoms with E-state index in [4.69, 9.17) is 4.74 Å². The summed E-state index contributed by atoms with van der Waals surface area (Å²) in [5, 5.41) is 0. The topological polar surface area (TPSA) is 68.2 Å². The molecule has 146 valence electrons. The number of piperidine rings is 1. The van der Waals surface area contributed by atoms with Gasteiger partial charge in [-0.1, -0.05) is 24.3 Å². The highest BCUT2D eigenvalue weighted by atomic mass is 16.5. The number of aromatic nitrogens is 3. The average molecular weight is 386 g/mol. The number of carbonyl (C=O) groups is 1. The quantitative estimate of drug-likeness (QED) is 0.686. The highest BCUT2D eigenvalue weighted by molar-refractivity contribution is 6.00. The summed E-state index contributed by atoms with van der Waals surface area (Å²) < 4.78 is 6.17. The van der Waals surface area contributed by atoms with Gasteiger partial charge in [0.25, 0.3) is 5.91 Å². The first-order valence-electron chi connectivity index (χ1n) is 9.95. The number of pyridine rings is 1. The Kier molecular flexibility index (Phi) is 4.46.